The maximum atomic E-state index is 5.34. The summed E-state index contributed by atoms with van der Waals surface area (Å²) in [6.45, 7) is 1.67. The molecule has 0 aliphatic heterocycles. The molecule has 0 saturated carbocycles. The number of methoxy groups -OCH3 is 2. The maximum Gasteiger partial charge on any atom is 0.160 e. The highest BCUT2D eigenvalue weighted by molar-refractivity contribution is 7.09. The molecule has 3 rings (SSSR count). The second kappa shape index (κ2) is 8.65. The Labute approximate surface area is 152 Å². The molecular weight excluding hydrogens is 332 g/mol. The molecule has 1 heterocycles. The molecule has 5 heteroatoms. The number of hydrogen-bond acceptors (Lipinski definition) is 5. The Kier molecular flexibility index (Phi) is 6.04. The smallest absolute Gasteiger partial charge is 0.160 e. The second-order valence-corrected chi connectivity index (χ2v) is 6.55. The van der Waals surface area contributed by atoms with E-state index in [0.29, 0.717) is 0 Å². The van der Waals surface area contributed by atoms with Crippen molar-refractivity contribution >= 4 is 11.3 Å². The van der Waals surface area contributed by atoms with Crippen LogP contribution in [0.1, 0.15) is 10.6 Å². The number of ether oxygens (including phenoxy) is 2. The molecule has 0 radical (unpaired) electrons. The summed E-state index contributed by atoms with van der Waals surface area (Å²) in [7, 11) is 3.31. The molecule has 0 spiro atoms. The first-order chi connectivity index (χ1) is 12.3. The fourth-order valence-electron chi connectivity index (χ4n) is 2.60. The van der Waals surface area contributed by atoms with Crippen molar-refractivity contribution in [3.05, 3.63) is 64.5 Å². The van der Waals surface area contributed by atoms with E-state index in [1.807, 2.05) is 30.3 Å². The monoisotopic (exact) mass is 354 g/mol. The Morgan fingerprint density at radius 3 is 2.56 bits per heavy atom. The molecule has 2 aromatic carbocycles. The number of benzene rings is 2. The van der Waals surface area contributed by atoms with Crippen LogP contribution in [0.2, 0.25) is 0 Å². The average molecular weight is 354 g/mol. The third-order valence-electron chi connectivity index (χ3n) is 3.94. The lowest BCUT2D eigenvalue weighted by Gasteiger charge is -2.09. The van der Waals surface area contributed by atoms with E-state index in [4.69, 9.17) is 14.5 Å². The molecule has 0 atom stereocenters. The van der Waals surface area contributed by atoms with Gasteiger partial charge in [0.25, 0.3) is 0 Å². The first-order valence-corrected chi connectivity index (χ1v) is 9.09. The van der Waals surface area contributed by atoms with Crippen LogP contribution in [0.25, 0.3) is 11.3 Å². The van der Waals surface area contributed by atoms with Crippen molar-refractivity contribution in [1.29, 1.82) is 0 Å². The van der Waals surface area contributed by atoms with Crippen molar-refractivity contribution in [3.63, 3.8) is 0 Å². The van der Waals surface area contributed by atoms with E-state index in [0.717, 1.165) is 47.3 Å². The molecule has 0 saturated heterocycles. The van der Waals surface area contributed by atoms with Crippen LogP contribution in [0, 0.1) is 0 Å². The van der Waals surface area contributed by atoms with E-state index in [1.165, 1.54) is 5.56 Å². The van der Waals surface area contributed by atoms with E-state index in [9.17, 15) is 0 Å². The molecule has 25 heavy (non-hydrogen) atoms. The first-order valence-electron chi connectivity index (χ1n) is 8.21. The van der Waals surface area contributed by atoms with Crippen LogP contribution in [0.3, 0.4) is 0 Å². The number of aromatic nitrogens is 1. The topological polar surface area (TPSA) is 43.4 Å². The minimum atomic E-state index is 0.760. The zero-order valence-electron chi connectivity index (χ0n) is 14.5. The van der Waals surface area contributed by atoms with E-state index < -0.39 is 0 Å². The van der Waals surface area contributed by atoms with Gasteiger partial charge in [0.15, 0.2) is 11.5 Å². The van der Waals surface area contributed by atoms with Crippen LogP contribution in [-0.4, -0.2) is 25.7 Å². The molecule has 0 fully saturated rings. The van der Waals surface area contributed by atoms with Gasteiger partial charge in [-0.2, -0.15) is 0 Å². The molecule has 0 bridgehead atoms. The van der Waals surface area contributed by atoms with Gasteiger partial charge in [-0.15, -0.1) is 11.3 Å². The normalized spacial score (nSPS) is 10.6. The standard InChI is InChI=1S/C20H22N2O2S/c1-23-18-9-8-15(12-19(18)24-2)10-11-21-13-20-22-17(14-25-20)16-6-4-3-5-7-16/h3-9,12,14,21H,10-11,13H2,1-2H3. The molecule has 130 valence electrons. The lowest BCUT2D eigenvalue weighted by molar-refractivity contribution is 0.354. The van der Waals surface area contributed by atoms with Gasteiger partial charge < -0.3 is 14.8 Å². The average Bonchev–Trinajstić information content (AvgIpc) is 3.14. The highest BCUT2D eigenvalue weighted by Gasteiger charge is 2.06. The summed E-state index contributed by atoms with van der Waals surface area (Å²) in [6, 6.07) is 16.3. The number of thiazole rings is 1. The Morgan fingerprint density at radius 2 is 1.80 bits per heavy atom. The SMILES string of the molecule is COc1ccc(CCNCc2nc(-c3ccccc3)cs2)cc1OC. The van der Waals surface area contributed by atoms with Crippen molar-refractivity contribution in [2.24, 2.45) is 0 Å². The summed E-state index contributed by atoms with van der Waals surface area (Å²) >= 11 is 1.69. The number of rotatable bonds is 8. The summed E-state index contributed by atoms with van der Waals surface area (Å²) in [4.78, 5) is 4.69. The Hall–Kier alpha value is -2.37. The van der Waals surface area contributed by atoms with E-state index in [2.05, 4.69) is 28.9 Å². The van der Waals surface area contributed by atoms with Gasteiger partial charge in [0.2, 0.25) is 0 Å². The fourth-order valence-corrected chi connectivity index (χ4v) is 3.37. The summed E-state index contributed by atoms with van der Waals surface area (Å²) in [5, 5.41) is 6.67. The Balaban J connectivity index is 1.50. The summed E-state index contributed by atoms with van der Waals surface area (Å²) in [5.41, 5.74) is 3.42. The largest absolute Gasteiger partial charge is 0.493 e. The molecule has 4 nitrogen and oxygen atoms in total. The van der Waals surface area contributed by atoms with Crippen LogP contribution in [0.5, 0.6) is 11.5 Å². The lowest BCUT2D eigenvalue weighted by atomic mass is 10.1. The minimum absolute atomic E-state index is 0.760. The minimum Gasteiger partial charge on any atom is -0.493 e. The lowest BCUT2D eigenvalue weighted by Crippen LogP contribution is -2.16. The second-order valence-electron chi connectivity index (χ2n) is 5.61. The van der Waals surface area contributed by atoms with E-state index in [-0.39, 0.29) is 0 Å². The number of hydrogen-bond donors (Lipinski definition) is 1. The quantitative estimate of drug-likeness (QED) is 0.617. The van der Waals surface area contributed by atoms with Crippen LogP contribution >= 0.6 is 11.3 Å². The molecule has 1 N–H and O–H groups in total. The third-order valence-corrected chi connectivity index (χ3v) is 4.78. The van der Waals surface area contributed by atoms with E-state index >= 15 is 0 Å². The van der Waals surface area contributed by atoms with Crippen LogP contribution in [0.4, 0.5) is 0 Å². The number of nitrogens with one attached hydrogen (secondary N) is 1. The van der Waals surface area contributed by atoms with Gasteiger partial charge in [0, 0.05) is 17.5 Å². The van der Waals surface area contributed by atoms with Gasteiger partial charge in [-0.3, -0.25) is 0 Å². The van der Waals surface area contributed by atoms with Gasteiger partial charge in [0.05, 0.1) is 19.9 Å². The van der Waals surface area contributed by atoms with Gasteiger partial charge in [-0.1, -0.05) is 36.4 Å². The fraction of sp³-hybridized carbons (Fsp3) is 0.250. The van der Waals surface area contributed by atoms with Gasteiger partial charge in [0.1, 0.15) is 5.01 Å². The van der Waals surface area contributed by atoms with Gasteiger partial charge in [-0.05, 0) is 30.7 Å². The van der Waals surface area contributed by atoms with Crippen molar-refractivity contribution < 1.29 is 9.47 Å². The summed E-state index contributed by atoms with van der Waals surface area (Å²) < 4.78 is 10.6. The molecular formula is C20H22N2O2S. The highest BCUT2D eigenvalue weighted by Crippen LogP contribution is 2.27. The van der Waals surface area contributed by atoms with Crippen LogP contribution in [0.15, 0.2) is 53.9 Å². The maximum absolute atomic E-state index is 5.34. The zero-order valence-corrected chi connectivity index (χ0v) is 15.3. The van der Waals surface area contributed by atoms with Crippen molar-refractivity contribution in [3.8, 4) is 22.8 Å². The van der Waals surface area contributed by atoms with Crippen molar-refractivity contribution in [1.82, 2.24) is 10.3 Å². The predicted octanol–water partition coefficient (Wildman–Crippen LogP) is 4.16. The molecule has 3 aromatic rings. The molecule has 0 amide bonds. The summed E-state index contributed by atoms with van der Waals surface area (Å²) in [6.07, 6.45) is 0.928. The van der Waals surface area contributed by atoms with Gasteiger partial charge in [-0.25, -0.2) is 4.98 Å². The molecule has 0 aliphatic rings. The van der Waals surface area contributed by atoms with E-state index in [1.54, 1.807) is 25.6 Å². The van der Waals surface area contributed by atoms with Crippen LogP contribution in [-0.2, 0) is 13.0 Å². The number of nitrogens with zero attached hydrogens (tertiary/aromatic N) is 1. The summed E-state index contributed by atoms with van der Waals surface area (Å²) in [5.74, 6) is 1.53. The third kappa shape index (κ3) is 4.59. The first kappa shape index (κ1) is 17.5. The van der Waals surface area contributed by atoms with Crippen molar-refractivity contribution in [2.75, 3.05) is 20.8 Å². The Bertz CT molecular complexity index is 802. The van der Waals surface area contributed by atoms with Gasteiger partial charge >= 0.3 is 0 Å². The molecule has 0 aliphatic carbocycles. The Morgan fingerprint density at radius 1 is 1.00 bits per heavy atom. The molecule has 0 unspecified atom stereocenters. The zero-order chi connectivity index (χ0) is 17.5. The molecule has 1 aromatic heterocycles. The van der Waals surface area contributed by atoms with Crippen molar-refractivity contribution in [2.45, 2.75) is 13.0 Å². The predicted molar refractivity (Wildman–Crippen MR) is 103 cm³/mol. The van der Waals surface area contributed by atoms with Crippen LogP contribution < -0.4 is 14.8 Å². The highest BCUT2D eigenvalue weighted by atomic mass is 32.1.